The Hall–Kier alpha value is -7.76. The van der Waals surface area contributed by atoms with Gasteiger partial charge in [-0.1, -0.05) is 163 Å². The van der Waals surface area contributed by atoms with E-state index in [0.717, 1.165) is 81.5 Å². The Balaban J connectivity index is 1.55. The van der Waals surface area contributed by atoms with E-state index in [1.807, 2.05) is 120 Å². The molecule has 0 aliphatic heterocycles. The SMILES string of the molecule is Cc1c(C)c2c3oc4ccc5ccccc5c4c4c(ccc5ccccc54)o[p+](=O)oc4c(C(C)(C)C)c(o[p+](=O)oc5ccc6ccccc6c5c5c(ccc6ccccc65)oc1c3C(C)(C)C)c(C)c(C)c42. The molecule has 366 valence electrons. The smallest absolute Gasteiger partial charge is 0.456 e. The van der Waals surface area contributed by atoms with Gasteiger partial charge in [0.05, 0.1) is 5.56 Å². The average Bonchev–Trinajstić information content (AvgIpc) is 3.36. The highest BCUT2D eigenvalue weighted by Gasteiger charge is 2.33. The molecule has 2 unspecified atom stereocenters. The number of rotatable bonds is 0. The zero-order chi connectivity index (χ0) is 51.5. The van der Waals surface area contributed by atoms with Crippen LogP contribution in [-0.2, 0) is 20.0 Å². The number of fused-ring (bicyclic) bond motifs is 9. The Morgan fingerprint density at radius 3 is 1.03 bits per heavy atom. The summed E-state index contributed by atoms with van der Waals surface area (Å²) in [7, 11) is -5.92. The summed E-state index contributed by atoms with van der Waals surface area (Å²) in [5.41, 5.74) is 6.54. The minimum atomic E-state index is -2.98. The predicted octanol–water partition coefficient (Wildman–Crippen LogP) is 21.2. The van der Waals surface area contributed by atoms with Gasteiger partial charge in [0.1, 0.15) is 22.3 Å². The molecule has 5 heterocycles. The lowest BCUT2D eigenvalue weighted by Crippen LogP contribution is -2.15. The minimum Gasteiger partial charge on any atom is -0.456 e. The van der Waals surface area contributed by atoms with Crippen molar-refractivity contribution in [3.8, 4) is 0 Å². The molecule has 5 aromatic heterocycles. The molecule has 0 saturated carbocycles. The van der Waals surface area contributed by atoms with Crippen molar-refractivity contribution < 1.29 is 34.8 Å². The predicted molar refractivity (Wildman–Crippen MR) is 306 cm³/mol. The second-order valence-electron chi connectivity index (χ2n) is 21.5. The Bertz CT molecular complexity index is 4790. The molecular formula is C64H54O8P2+2. The van der Waals surface area contributed by atoms with E-state index in [1.54, 1.807) is 0 Å². The quantitative estimate of drug-likeness (QED) is 0.148. The van der Waals surface area contributed by atoms with Gasteiger partial charge in [-0.2, -0.15) is 0 Å². The number of aryl methyl sites for hydroxylation is 4. The summed E-state index contributed by atoms with van der Waals surface area (Å²) < 4.78 is 72.7. The molecule has 0 fully saturated rings. The first-order valence-corrected chi connectivity index (χ1v) is 27.1. The van der Waals surface area contributed by atoms with Gasteiger partial charge in [-0.3, -0.25) is 0 Å². The van der Waals surface area contributed by atoms with Crippen LogP contribution >= 0.6 is 15.8 Å². The first-order chi connectivity index (χ1) is 35.5. The fraction of sp³-hybridized carbons (Fsp3) is 0.188. The summed E-state index contributed by atoms with van der Waals surface area (Å²) in [5, 5.41) is 11.7. The van der Waals surface area contributed by atoms with E-state index < -0.39 is 26.6 Å². The summed E-state index contributed by atoms with van der Waals surface area (Å²) in [6.45, 7) is 20.7. The van der Waals surface area contributed by atoms with Crippen molar-refractivity contribution in [1.82, 2.24) is 0 Å². The van der Waals surface area contributed by atoms with Crippen LogP contribution in [0.5, 0.6) is 0 Å². The van der Waals surface area contributed by atoms with E-state index in [4.69, 9.17) is 25.6 Å². The number of hydrogen-bond donors (Lipinski definition) is 0. The van der Waals surface area contributed by atoms with Gasteiger partial charge in [0.2, 0.25) is 11.2 Å². The second kappa shape index (κ2) is 17.4. The fourth-order valence-corrected chi connectivity index (χ4v) is 12.6. The van der Waals surface area contributed by atoms with Gasteiger partial charge < -0.3 is 8.83 Å². The van der Waals surface area contributed by atoms with Crippen LogP contribution in [0.1, 0.15) is 74.9 Å². The van der Waals surface area contributed by atoms with Crippen molar-refractivity contribution in [1.29, 1.82) is 0 Å². The third-order valence-corrected chi connectivity index (χ3v) is 16.2. The molecule has 0 radical (unpaired) electrons. The fourth-order valence-electron chi connectivity index (χ4n) is 11.2. The second-order valence-corrected chi connectivity index (χ2v) is 23.1. The molecule has 0 N–H and O–H groups in total. The maximum Gasteiger partial charge on any atom is 0.805 e. The summed E-state index contributed by atoms with van der Waals surface area (Å²) in [6.07, 6.45) is 0. The van der Waals surface area contributed by atoms with Crippen LogP contribution < -0.4 is 0 Å². The third-order valence-electron chi connectivity index (χ3n) is 14.8. The van der Waals surface area contributed by atoms with E-state index >= 15 is 9.13 Å². The van der Waals surface area contributed by atoms with Crippen LogP contribution in [0.15, 0.2) is 171 Å². The normalized spacial score (nSPS) is 12.8. The van der Waals surface area contributed by atoms with Crippen molar-refractivity contribution in [2.24, 2.45) is 0 Å². The van der Waals surface area contributed by atoms with Crippen LogP contribution in [0.4, 0.5) is 0 Å². The summed E-state index contributed by atoms with van der Waals surface area (Å²) in [6, 6.07) is 48.5. The van der Waals surface area contributed by atoms with E-state index in [1.165, 1.54) is 0 Å². The molecule has 74 heavy (non-hydrogen) atoms. The highest BCUT2D eigenvalue weighted by atomic mass is 31.1. The van der Waals surface area contributed by atoms with Crippen LogP contribution in [0.25, 0.3) is 120 Å². The first-order valence-electron chi connectivity index (χ1n) is 24.9. The molecule has 0 amide bonds. The molecule has 0 spiro atoms. The summed E-state index contributed by atoms with van der Waals surface area (Å²) in [4.78, 5) is 0. The van der Waals surface area contributed by atoms with E-state index in [-0.39, 0.29) is 5.58 Å². The van der Waals surface area contributed by atoms with Crippen LogP contribution in [-0.4, -0.2) is 0 Å². The third kappa shape index (κ3) is 7.57. The topological polar surface area (TPSA) is 113 Å². The van der Waals surface area contributed by atoms with E-state index in [9.17, 15) is 0 Å². The molecule has 10 heteroatoms. The van der Waals surface area contributed by atoms with Gasteiger partial charge in [-0.25, -0.2) is 16.8 Å². The lowest BCUT2D eigenvalue weighted by Gasteiger charge is -2.24. The van der Waals surface area contributed by atoms with Crippen LogP contribution in [0, 0.1) is 27.7 Å². The van der Waals surface area contributed by atoms with Gasteiger partial charge in [-0.15, -0.1) is 0 Å². The summed E-state index contributed by atoms with van der Waals surface area (Å²) >= 11 is 0. The van der Waals surface area contributed by atoms with Crippen molar-refractivity contribution in [3.63, 3.8) is 0 Å². The number of hydrogen-bond acceptors (Lipinski definition) is 8. The molecule has 0 aliphatic rings. The Morgan fingerprint density at radius 2 is 0.622 bits per heavy atom. The Kier molecular flexibility index (Phi) is 11.1. The van der Waals surface area contributed by atoms with Gasteiger partial charge >= 0.3 is 15.8 Å². The largest absolute Gasteiger partial charge is 0.805 e. The monoisotopic (exact) mass is 1010 g/mol. The highest BCUT2D eigenvalue weighted by molar-refractivity contribution is 7.23. The van der Waals surface area contributed by atoms with Gasteiger partial charge in [0, 0.05) is 52.6 Å². The van der Waals surface area contributed by atoms with Crippen molar-refractivity contribution in [2.45, 2.75) is 80.1 Å². The van der Waals surface area contributed by atoms with Gasteiger partial charge in [-0.05, 0) is 123 Å². The minimum absolute atomic E-state index is 0.248. The van der Waals surface area contributed by atoms with Crippen molar-refractivity contribution in [2.75, 3.05) is 0 Å². The van der Waals surface area contributed by atoms with Crippen LogP contribution in [0.3, 0.4) is 0 Å². The molecule has 8 nitrogen and oxygen atoms in total. The maximum absolute atomic E-state index is 15.3. The molecular weight excluding hydrogens is 959 g/mol. The maximum atomic E-state index is 15.3. The number of benzene rings is 10. The molecule has 15 aromatic rings. The molecule has 0 saturated heterocycles. The van der Waals surface area contributed by atoms with E-state index in [0.29, 0.717) is 66.4 Å². The Labute approximate surface area is 427 Å². The van der Waals surface area contributed by atoms with Crippen molar-refractivity contribution in [3.05, 3.63) is 179 Å². The van der Waals surface area contributed by atoms with Crippen LogP contribution in [0.2, 0.25) is 0 Å². The zero-order valence-corrected chi connectivity index (χ0v) is 44.8. The zero-order valence-electron chi connectivity index (χ0n) is 43.0. The molecule has 10 aromatic carbocycles. The first kappa shape index (κ1) is 47.3. The molecule has 0 aliphatic carbocycles. The molecule has 6 bridgehead atoms. The summed E-state index contributed by atoms with van der Waals surface area (Å²) in [5.74, 6) is 0. The van der Waals surface area contributed by atoms with Crippen molar-refractivity contribution >= 4 is 136 Å². The molecule has 15 rings (SSSR count). The molecule has 2 atom stereocenters. The van der Waals surface area contributed by atoms with E-state index in [2.05, 4.69) is 95.3 Å². The van der Waals surface area contributed by atoms with Gasteiger partial charge in [0.15, 0.2) is 11.2 Å². The average molecular weight is 1010 g/mol. The standard InChI is InChI=1S/C64H54O8P2/c1-35-37(3)59-57(63(5,6)7)61-51(35)52-36(2)38(4)60(71-73(65)69-49-33-29-41-21-13-17-25-45(41)55(49)53-43-23-15-11-19-39(43)27-31-47(53)67-59)58(64(8,9)10)62(52)72-74(66)70-50-34-30-42-22-14-18-26-46(42)56(50)54-44-24-16-12-20-40(44)28-32-48(54)68-61/h11-34H,1-10H3/q+2. The van der Waals surface area contributed by atoms with Gasteiger partial charge in [0.25, 0.3) is 0 Å². The highest BCUT2D eigenvalue weighted by Crippen LogP contribution is 2.48. The lowest BCUT2D eigenvalue weighted by molar-refractivity contribution is 0.500. The lowest BCUT2D eigenvalue weighted by atomic mass is 9.80. The Morgan fingerprint density at radius 1 is 0.311 bits per heavy atom.